The van der Waals surface area contributed by atoms with Crippen LogP contribution >= 0.6 is 11.3 Å². The number of carbonyl (C=O) groups is 1. The van der Waals surface area contributed by atoms with E-state index in [1.165, 1.54) is 0 Å². The summed E-state index contributed by atoms with van der Waals surface area (Å²) in [5.74, 6) is 0.953. The number of hydrogen-bond donors (Lipinski definition) is 1. The van der Waals surface area contributed by atoms with Crippen molar-refractivity contribution in [3.63, 3.8) is 0 Å². The van der Waals surface area contributed by atoms with E-state index in [1.807, 2.05) is 26.2 Å². The monoisotopic (exact) mass is 322 g/mol. The van der Waals surface area contributed by atoms with Crippen LogP contribution in [0, 0.1) is 13.8 Å². The Bertz CT molecular complexity index is 604. The maximum Gasteiger partial charge on any atom is 0.317 e. The molecule has 0 aliphatic carbocycles. The second-order valence-electron chi connectivity index (χ2n) is 5.56. The van der Waals surface area contributed by atoms with Crippen LogP contribution in [-0.2, 0) is 0 Å². The number of amides is 2. The summed E-state index contributed by atoms with van der Waals surface area (Å²) in [7, 11) is 1.79. The number of rotatable bonds is 5. The van der Waals surface area contributed by atoms with Crippen LogP contribution in [0.5, 0.6) is 0 Å². The summed E-state index contributed by atoms with van der Waals surface area (Å²) in [6, 6.07) is -0.257. The molecule has 2 aromatic rings. The average Bonchev–Trinajstić information content (AvgIpc) is 3.08. The fraction of sp³-hybridized carbons (Fsp3) is 0.533. The topological polar surface area (TPSA) is 71.3 Å². The Morgan fingerprint density at radius 2 is 2.18 bits per heavy atom. The molecule has 0 aliphatic heterocycles. The Hall–Kier alpha value is -1.89. The molecule has 22 heavy (non-hydrogen) atoms. The Kier molecular flexibility index (Phi) is 5.18. The van der Waals surface area contributed by atoms with Gasteiger partial charge in [0.15, 0.2) is 0 Å². The third kappa shape index (κ3) is 3.65. The van der Waals surface area contributed by atoms with Gasteiger partial charge < -0.3 is 14.7 Å². The number of thiazole rings is 1. The van der Waals surface area contributed by atoms with Gasteiger partial charge in [0, 0.05) is 36.7 Å². The van der Waals surface area contributed by atoms with Crippen molar-refractivity contribution < 1.29 is 9.32 Å². The van der Waals surface area contributed by atoms with Gasteiger partial charge in [-0.25, -0.2) is 9.78 Å². The average molecular weight is 322 g/mol. The standard InChI is InChI=1S/C15H22N4O2S/c1-9(14-16-6-7-22-14)8-19(5)15(20)17-10(2)13-11(3)18-21-12(13)4/h6-7,9-10H,8H2,1-5H3,(H,17,20)/t9-,10+/m0/s1. The number of hydrogen-bond acceptors (Lipinski definition) is 5. The van der Waals surface area contributed by atoms with Gasteiger partial charge in [-0.05, 0) is 20.8 Å². The molecule has 1 N–H and O–H groups in total. The summed E-state index contributed by atoms with van der Waals surface area (Å²) in [4.78, 5) is 18.3. The Labute approximate surface area is 134 Å². The quantitative estimate of drug-likeness (QED) is 0.917. The predicted octanol–water partition coefficient (Wildman–Crippen LogP) is 3.25. The summed E-state index contributed by atoms with van der Waals surface area (Å²) in [5, 5.41) is 9.90. The highest BCUT2D eigenvalue weighted by Crippen LogP contribution is 2.22. The Balaban J connectivity index is 1.94. The summed E-state index contributed by atoms with van der Waals surface area (Å²) in [6.45, 7) is 8.35. The van der Waals surface area contributed by atoms with Gasteiger partial charge in [-0.3, -0.25) is 0 Å². The van der Waals surface area contributed by atoms with E-state index in [-0.39, 0.29) is 18.0 Å². The molecule has 120 valence electrons. The smallest absolute Gasteiger partial charge is 0.317 e. The Morgan fingerprint density at radius 3 is 2.73 bits per heavy atom. The number of aryl methyl sites for hydroxylation is 2. The molecule has 0 fully saturated rings. The second-order valence-corrected chi connectivity index (χ2v) is 6.49. The van der Waals surface area contributed by atoms with Crippen molar-refractivity contribution >= 4 is 17.4 Å². The molecule has 0 aromatic carbocycles. The lowest BCUT2D eigenvalue weighted by Crippen LogP contribution is -2.40. The molecule has 0 aliphatic rings. The molecule has 0 spiro atoms. The minimum atomic E-state index is -0.142. The van der Waals surface area contributed by atoms with Crippen molar-refractivity contribution in [1.29, 1.82) is 0 Å². The largest absolute Gasteiger partial charge is 0.361 e. The molecule has 2 rings (SSSR count). The van der Waals surface area contributed by atoms with Crippen LogP contribution in [0.2, 0.25) is 0 Å². The zero-order valence-electron chi connectivity index (χ0n) is 13.6. The van der Waals surface area contributed by atoms with Crippen LogP contribution < -0.4 is 5.32 Å². The maximum atomic E-state index is 12.3. The number of nitrogens with zero attached hydrogens (tertiary/aromatic N) is 3. The Morgan fingerprint density at radius 1 is 1.45 bits per heavy atom. The van der Waals surface area contributed by atoms with Crippen molar-refractivity contribution in [2.75, 3.05) is 13.6 Å². The molecule has 2 heterocycles. The molecular weight excluding hydrogens is 300 g/mol. The number of urea groups is 1. The lowest BCUT2D eigenvalue weighted by atomic mass is 10.1. The molecule has 7 heteroatoms. The molecule has 2 amide bonds. The van der Waals surface area contributed by atoms with Gasteiger partial charge in [0.25, 0.3) is 0 Å². The highest BCUT2D eigenvalue weighted by atomic mass is 32.1. The highest BCUT2D eigenvalue weighted by Gasteiger charge is 2.21. The summed E-state index contributed by atoms with van der Waals surface area (Å²) < 4.78 is 5.15. The number of nitrogens with one attached hydrogen (secondary N) is 1. The van der Waals surface area contributed by atoms with Crippen molar-refractivity contribution in [1.82, 2.24) is 20.4 Å². The van der Waals surface area contributed by atoms with Crippen LogP contribution in [0.1, 0.15) is 47.8 Å². The fourth-order valence-electron chi connectivity index (χ4n) is 2.53. The van der Waals surface area contributed by atoms with Gasteiger partial charge in [0.1, 0.15) is 5.76 Å². The first-order chi connectivity index (χ1) is 10.4. The molecule has 0 unspecified atom stereocenters. The zero-order chi connectivity index (χ0) is 16.3. The second kappa shape index (κ2) is 6.91. The molecule has 0 saturated carbocycles. The first-order valence-corrected chi connectivity index (χ1v) is 8.12. The van der Waals surface area contributed by atoms with E-state index in [4.69, 9.17) is 4.52 Å². The number of carbonyl (C=O) groups excluding carboxylic acids is 1. The third-order valence-electron chi connectivity index (χ3n) is 3.63. The van der Waals surface area contributed by atoms with Gasteiger partial charge in [-0.2, -0.15) is 0 Å². The third-order valence-corrected chi connectivity index (χ3v) is 4.64. The van der Waals surface area contributed by atoms with Gasteiger partial charge >= 0.3 is 6.03 Å². The number of aromatic nitrogens is 2. The molecule has 0 radical (unpaired) electrons. The van der Waals surface area contributed by atoms with E-state index < -0.39 is 0 Å². The molecule has 0 saturated heterocycles. The highest BCUT2D eigenvalue weighted by molar-refractivity contribution is 7.09. The lowest BCUT2D eigenvalue weighted by molar-refractivity contribution is 0.203. The van der Waals surface area contributed by atoms with E-state index in [9.17, 15) is 4.79 Å². The normalized spacial score (nSPS) is 13.7. The van der Waals surface area contributed by atoms with Crippen LogP contribution in [-0.4, -0.2) is 34.7 Å². The van der Waals surface area contributed by atoms with Crippen LogP contribution in [0.4, 0.5) is 4.79 Å². The molecular formula is C15H22N4O2S. The lowest BCUT2D eigenvalue weighted by Gasteiger charge is -2.23. The van der Waals surface area contributed by atoms with Gasteiger partial charge in [0.05, 0.1) is 16.7 Å². The van der Waals surface area contributed by atoms with E-state index in [2.05, 4.69) is 22.4 Å². The SMILES string of the molecule is Cc1noc(C)c1[C@@H](C)NC(=O)N(C)C[C@H](C)c1nccs1. The predicted molar refractivity (Wildman–Crippen MR) is 86.1 cm³/mol. The van der Waals surface area contributed by atoms with E-state index in [0.717, 1.165) is 22.0 Å². The van der Waals surface area contributed by atoms with Crippen LogP contribution in [0.15, 0.2) is 16.1 Å². The van der Waals surface area contributed by atoms with E-state index in [0.29, 0.717) is 6.54 Å². The van der Waals surface area contributed by atoms with E-state index >= 15 is 0 Å². The maximum absolute atomic E-state index is 12.3. The minimum absolute atomic E-state index is 0.115. The fourth-order valence-corrected chi connectivity index (χ4v) is 3.22. The van der Waals surface area contributed by atoms with Crippen molar-refractivity contribution in [3.8, 4) is 0 Å². The van der Waals surface area contributed by atoms with Gasteiger partial charge in [-0.1, -0.05) is 12.1 Å². The molecule has 2 aromatic heterocycles. The molecule has 6 nitrogen and oxygen atoms in total. The molecule has 0 bridgehead atoms. The summed E-state index contributed by atoms with van der Waals surface area (Å²) in [5.41, 5.74) is 1.75. The first-order valence-electron chi connectivity index (χ1n) is 7.24. The van der Waals surface area contributed by atoms with Crippen LogP contribution in [0.25, 0.3) is 0 Å². The molecule has 2 atom stereocenters. The van der Waals surface area contributed by atoms with E-state index in [1.54, 1.807) is 29.5 Å². The zero-order valence-corrected chi connectivity index (χ0v) is 14.4. The summed E-state index contributed by atoms with van der Waals surface area (Å²) >= 11 is 1.61. The summed E-state index contributed by atoms with van der Waals surface area (Å²) in [6.07, 6.45) is 1.79. The van der Waals surface area contributed by atoms with Crippen LogP contribution in [0.3, 0.4) is 0 Å². The van der Waals surface area contributed by atoms with Gasteiger partial charge in [-0.15, -0.1) is 11.3 Å². The first kappa shape index (κ1) is 16.5. The van der Waals surface area contributed by atoms with Crippen molar-refractivity contribution in [2.45, 2.75) is 39.7 Å². The van der Waals surface area contributed by atoms with Crippen molar-refractivity contribution in [3.05, 3.63) is 33.6 Å². The number of likely N-dealkylation sites (N-methyl/N-ethyl adjacent to an activating group) is 1. The minimum Gasteiger partial charge on any atom is -0.361 e. The van der Waals surface area contributed by atoms with Gasteiger partial charge in [0.2, 0.25) is 0 Å². The van der Waals surface area contributed by atoms with Crippen molar-refractivity contribution in [2.24, 2.45) is 0 Å².